The molecule has 0 aromatic heterocycles. The number of carbonyl (C=O) groups excluding carboxylic acids is 5. The highest BCUT2D eigenvalue weighted by Gasteiger charge is 2.19. The van der Waals surface area contributed by atoms with Crippen molar-refractivity contribution in [2.75, 3.05) is 19.6 Å². The van der Waals surface area contributed by atoms with Crippen LogP contribution in [0.15, 0.2) is 30.3 Å². The Hall–Kier alpha value is -3.43. The van der Waals surface area contributed by atoms with E-state index in [4.69, 9.17) is 0 Å². The largest absolute Gasteiger partial charge is 0.354 e. The Morgan fingerprint density at radius 3 is 1.62 bits per heavy atom. The summed E-state index contributed by atoms with van der Waals surface area (Å²) in [7, 11) is 0. The Morgan fingerprint density at radius 2 is 1.08 bits per heavy atom. The summed E-state index contributed by atoms with van der Waals surface area (Å²) < 4.78 is 0. The van der Waals surface area contributed by atoms with Gasteiger partial charge >= 0.3 is 0 Å². The Bertz CT molecular complexity index is 893. The molecule has 0 aliphatic heterocycles. The van der Waals surface area contributed by atoms with Crippen LogP contribution in [0.3, 0.4) is 0 Å². The Morgan fingerprint density at radius 1 is 0.615 bits per heavy atom. The lowest BCUT2D eigenvalue weighted by Crippen LogP contribution is -2.51. The Balaban J connectivity index is 2.13. The molecule has 1 rings (SSSR count). The fraction of sp³-hybridized carbons (Fsp3) is 0.621. The average molecular weight is 546 g/mol. The fourth-order valence-electron chi connectivity index (χ4n) is 3.87. The Kier molecular flexibility index (Phi) is 17.7. The molecule has 1 aromatic carbocycles. The van der Waals surface area contributed by atoms with E-state index in [9.17, 15) is 24.0 Å². The number of hydrogen-bond acceptors (Lipinski definition) is 5. The first kappa shape index (κ1) is 33.6. The van der Waals surface area contributed by atoms with E-state index < -0.39 is 35.7 Å². The van der Waals surface area contributed by atoms with Gasteiger partial charge in [-0.2, -0.15) is 0 Å². The maximum absolute atomic E-state index is 12.2. The third-order valence-electron chi connectivity index (χ3n) is 6.24. The lowest BCUT2D eigenvalue weighted by Gasteiger charge is -2.16. The topological polar surface area (TPSA) is 146 Å². The molecule has 0 saturated carbocycles. The summed E-state index contributed by atoms with van der Waals surface area (Å²) >= 11 is 0. The molecule has 1 aromatic rings. The standard InChI is InChI=1S/C29H47N5O5/c1-4-5-6-7-8-9-10-11-12-16-19-30-27(37)22(2)33-25(35)20-31-28(38)23(3)34-26(36)21-32-29(39)24-17-14-13-15-18-24/h13-15,17-18,22-23H,4-12,16,19-21H2,1-3H3,(H,30,37)(H,31,38)(H,32,39)(H,33,35)(H,34,36)/t22-,23-/m0/s1. The molecule has 0 bridgehead atoms. The van der Waals surface area contributed by atoms with Crippen LogP contribution >= 0.6 is 0 Å². The van der Waals surface area contributed by atoms with E-state index in [1.54, 1.807) is 37.3 Å². The number of benzene rings is 1. The van der Waals surface area contributed by atoms with Gasteiger partial charge in [0.15, 0.2) is 0 Å². The van der Waals surface area contributed by atoms with Crippen LogP contribution in [0.2, 0.25) is 0 Å². The van der Waals surface area contributed by atoms with Crippen molar-refractivity contribution >= 4 is 29.5 Å². The molecule has 5 N–H and O–H groups in total. The second kappa shape index (κ2) is 20.5. The highest BCUT2D eigenvalue weighted by Crippen LogP contribution is 2.10. The number of amides is 5. The number of hydrogen-bond donors (Lipinski definition) is 5. The van der Waals surface area contributed by atoms with Gasteiger partial charge in [-0.25, -0.2) is 0 Å². The van der Waals surface area contributed by atoms with Crippen molar-refractivity contribution in [2.24, 2.45) is 0 Å². The smallest absolute Gasteiger partial charge is 0.251 e. The van der Waals surface area contributed by atoms with Crippen LogP contribution in [0.25, 0.3) is 0 Å². The zero-order chi connectivity index (χ0) is 28.9. The molecule has 0 aliphatic carbocycles. The van der Waals surface area contributed by atoms with Gasteiger partial charge in [0.05, 0.1) is 13.1 Å². The summed E-state index contributed by atoms with van der Waals surface area (Å²) in [5.74, 6) is -2.30. The number of carbonyl (C=O) groups is 5. The minimum atomic E-state index is -0.916. The SMILES string of the molecule is CCCCCCCCCCCCNC(=O)[C@H](C)NC(=O)CNC(=O)[C@H](C)NC(=O)CNC(=O)c1ccccc1. The molecule has 0 aliphatic rings. The summed E-state index contributed by atoms with van der Waals surface area (Å²) in [5, 5.41) is 12.8. The summed E-state index contributed by atoms with van der Waals surface area (Å²) in [4.78, 5) is 60.6. The van der Waals surface area contributed by atoms with Crippen LogP contribution in [-0.2, 0) is 19.2 Å². The molecule has 10 heteroatoms. The fourth-order valence-corrected chi connectivity index (χ4v) is 3.87. The number of unbranched alkanes of at least 4 members (excludes halogenated alkanes) is 9. The van der Waals surface area contributed by atoms with Crippen LogP contribution in [0.1, 0.15) is 95.3 Å². The van der Waals surface area contributed by atoms with Gasteiger partial charge in [0.1, 0.15) is 12.1 Å². The van der Waals surface area contributed by atoms with Crippen molar-refractivity contribution in [3.05, 3.63) is 35.9 Å². The maximum atomic E-state index is 12.2. The van der Waals surface area contributed by atoms with E-state index in [1.165, 1.54) is 51.9 Å². The quantitative estimate of drug-likeness (QED) is 0.160. The lowest BCUT2D eigenvalue weighted by molar-refractivity contribution is -0.131. The van der Waals surface area contributed by atoms with Crippen LogP contribution in [0.5, 0.6) is 0 Å². The lowest BCUT2D eigenvalue weighted by atomic mass is 10.1. The zero-order valence-electron chi connectivity index (χ0n) is 23.8. The first-order chi connectivity index (χ1) is 18.7. The van der Waals surface area contributed by atoms with Gasteiger partial charge in [-0.3, -0.25) is 24.0 Å². The van der Waals surface area contributed by atoms with Crippen molar-refractivity contribution in [3.8, 4) is 0 Å². The van der Waals surface area contributed by atoms with Crippen LogP contribution in [0.4, 0.5) is 0 Å². The van der Waals surface area contributed by atoms with Gasteiger partial charge in [-0.1, -0.05) is 82.9 Å². The van der Waals surface area contributed by atoms with Gasteiger partial charge in [0.2, 0.25) is 23.6 Å². The molecule has 39 heavy (non-hydrogen) atoms. The number of nitrogens with one attached hydrogen (secondary N) is 5. The van der Waals surface area contributed by atoms with E-state index in [-0.39, 0.29) is 19.0 Å². The molecule has 0 saturated heterocycles. The minimum absolute atomic E-state index is 0.274. The highest BCUT2D eigenvalue weighted by molar-refractivity contribution is 5.97. The molecule has 5 amide bonds. The predicted octanol–water partition coefficient (Wildman–Crippen LogP) is 2.58. The van der Waals surface area contributed by atoms with Gasteiger partial charge in [0.25, 0.3) is 5.91 Å². The third-order valence-corrected chi connectivity index (χ3v) is 6.24. The highest BCUT2D eigenvalue weighted by atomic mass is 16.2. The zero-order valence-corrected chi connectivity index (χ0v) is 23.8. The minimum Gasteiger partial charge on any atom is -0.354 e. The van der Waals surface area contributed by atoms with Crippen molar-refractivity contribution in [1.29, 1.82) is 0 Å². The summed E-state index contributed by atoms with van der Waals surface area (Å²) in [6.45, 7) is 5.21. The first-order valence-corrected chi connectivity index (χ1v) is 14.2. The van der Waals surface area contributed by atoms with Gasteiger partial charge in [-0.15, -0.1) is 0 Å². The van der Waals surface area contributed by atoms with Crippen LogP contribution in [0, 0.1) is 0 Å². The molecule has 0 spiro atoms. The predicted molar refractivity (Wildman–Crippen MR) is 152 cm³/mol. The maximum Gasteiger partial charge on any atom is 0.251 e. The van der Waals surface area contributed by atoms with E-state index in [2.05, 4.69) is 33.5 Å². The molecule has 2 atom stereocenters. The molecule has 10 nitrogen and oxygen atoms in total. The molecule has 0 fully saturated rings. The van der Waals surface area contributed by atoms with Crippen molar-refractivity contribution < 1.29 is 24.0 Å². The summed E-state index contributed by atoms with van der Waals surface area (Å²) in [5.41, 5.74) is 0.420. The van der Waals surface area contributed by atoms with E-state index in [0.717, 1.165) is 19.3 Å². The monoisotopic (exact) mass is 545 g/mol. The first-order valence-electron chi connectivity index (χ1n) is 14.2. The van der Waals surface area contributed by atoms with Gasteiger partial charge < -0.3 is 26.6 Å². The molecule has 0 radical (unpaired) electrons. The van der Waals surface area contributed by atoms with Crippen LogP contribution < -0.4 is 26.6 Å². The van der Waals surface area contributed by atoms with Gasteiger partial charge in [0, 0.05) is 12.1 Å². The van der Waals surface area contributed by atoms with Crippen molar-refractivity contribution in [2.45, 2.75) is 97.1 Å². The molecule has 0 unspecified atom stereocenters. The van der Waals surface area contributed by atoms with Gasteiger partial charge in [-0.05, 0) is 32.4 Å². The van der Waals surface area contributed by atoms with Crippen molar-refractivity contribution in [3.63, 3.8) is 0 Å². The molecular formula is C29H47N5O5. The molecule has 0 heterocycles. The van der Waals surface area contributed by atoms with Crippen molar-refractivity contribution in [1.82, 2.24) is 26.6 Å². The Labute approximate surface area is 232 Å². The average Bonchev–Trinajstić information content (AvgIpc) is 2.93. The second-order valence-corrected chi connectivity index (χ2v) is 9.82. The third kappa shape index (κ3) is 16.2. The summed E-state index contributed by atoms with van der Waals surface area (Å²) in [6, 6.07) is 6.80. The van der Waals surface area contributed by atoms with E-state index in [0.29, 0.717) is 12.1 Å². The van der Waals surface area contributed by atoms with E-state index in [1.807, 2.05) is 0 Å². The molecular weight excluding hydrogens is 498 g/mol. The number of rotatable bonds is 20. The van der Waals surface area contributed by atoms with Crippen LogP contribution in [-0.4, -0.2) is 61.3 Å². The molecule has 218 valence electrons. The second-order valence-electron chi connectivity index (χ2n) is 9.82. The normalized spacial score (nSPS) is 12.1. The van der Waals surface area contributed by atoms with E-state index >= 15 is 0 Å². The summed E-state index contributed by atoms with van der Waals surface area (Å²) in [6.07, 6.45) is 12.2.